The molecule has 0 amide bonds. The summed E-state index contributed by atoms with van der Waals surface area (Å²) in [6.07, 6.45) is 3.44. The second-order valence-corrected chi connectivity index (χ2v) is 6.65. The van der Waals surface area contributed by atoms with Crippen LogP contribution in [0.3, 0.4) is 0 Å². The van der Waals surface area contributed by atoms with E-state index in [1.807, 2.05) is 13.1 Å². The van der Waals surface area contributed by atoms with Crippen LogP contribution >= 0.6 is 0 Å². The predicted molar refractivity (Wildman–Crippen MR) is 80.3 cm³/mol. The molecule has 1 fully saturated rings. The van der Waals surface area contributed by atoms with E-state index in [-0.39, 0.29) is 5.60 Å². The number of hydrogen-bond acceptors (Lipinski definition) is 3. The Morgan fingerprint density at radius 3 is 2.65 bits per heavy atom. The minimum atomic E-state index is 0.0597. The highest BCUT2D eigenvalue weighted by atomic mass is 16.5. The molecule has 3 heteroatoms. The summed E-state index contributed by atoms with van der Waals surface area (Å²) in [5.41, 5.74) is 1.29. The van der Waals surface area contributed by atoms with Gasteiger partial charge in [-0.25, -0.2) is 0 Å². The van der Waals surface area contributed by atoms with Gasteiger partial charge in [0, 0.05) is 18.0 Å². The van der Waals surface area contributed by atoms with Gasteiger partial charge in [-0.3, -0.25) is 0 Å². The SMILES string of the molecule is CNC1CC2(CC(C(C)C)C2)Oc2ccc(OC)cc21. The Morgan fingerprint density at radius 1 is 1.30 bits per heavy atom. The van der Waals surface area contributed by atoms with Crippen LogP contribution < -0.4 is 14.8 Å². The van der Waals surface area contributed by atoms with Gasteiger partial charge < -0.3 is 14.8 Å². The Morgan fingerprint density at radius 2 is 2.05 bits per heavy atom. The van der Waals surface area contributed by atoms with E-state index in [0.717, 1.165) is 29.8 Å². The first-order valence-corrected chi connectivity index (χ1v) is 7.61. The van der Waals surface area contributed by atoms with Crippen molar-refractivity contribution in [1.29, 1.82) is 0 Å². The molecular weight excluding hydrogens is 250 g/mol. The van der Waals surface area contributed by atoms with Gasteiger partial charge in [0.05, 0.1) is 7.11 Å². The third kappa shape index (κ3) is 2.18. The van der Waals surface area contributed by atoms with Gasteiger partial charge in [0.2, 0.25) is 0 Å². The fraction of sp³-hybridized carbons (Fsp3) is 0.647. The maximum atomic E-state index is 6.37. The van der Waals surface area contributed by atoms with Gasteiger partial charge in [-0.15, -0.1) is 0 Å². The summed E-state index contributed by atoms with van der Waals surface area (Å²) in [5.74, 6) is 3.50. The monoisotopic (exact) mass is 275 g/mol. The molecule has 0 saturated heterocycles. The van der Waals surface area contributed by atoms with Crippen LogP contribution in [0, 0.1) is 11.8 Å². The lowest BCUT2D eigenvalue weighted by atomic mass is 9.62. The second kappa shape index (κ2) is 4.96. The average molecular weight is 275 g/mol. The largest absolute Gasteiger partial charge is 0.497 e. The minimum Gasteiger partial charge on any atom is -0.497 e. The number of hydrogen-bond donors (Lipinski definition) is 1. The lowest BCUT2D eigenvalue weighted by molar-refractivity contribution is -0.0868. The van der Waals surface area contributed by atoms with Crippen LogP contribution in [0.25, 0.3) is 0 Å². The topological polar surface area (TPSA) is 30.5 Å². The molecule has 1 aliphatic carbocycles. The van der Waals surface area contributed by atoms with Gasteiger partial charge in [-0.2, -0.15) is 0 Å². The smallest absolute Gasteiger partial charge is 0.125 e. The van der Waals surface area contributed by atoms with Crippen molar-refractivity contribution in [3.63, 3.8) is 0 Å². The van der Waals surface area contributed by atoms with Gasteiger partial charge in [0.15, 0.2) is 0 Å². The molecule has 1 aliphatic heterocycles. The molecule has 3 nitrogen and oxygen atoms in total. The summed E-state index contributed by atoms with van der Waals surface area (Å²) in [6, 6.07) is 6.51. The van der Waals surface area contributed by atoms with E-state index in [4.69, 9.17) is 9.47 Å². The molecule has 1 unspecified atom stereocenters. The summed E-state index contributed by atoms with van der Waals surface area (Å²) >= 11 is 0. The molecule has 2 aliphatic rings. The third-order valence-electron chi connectivity index (χ3n) is 5.05. The number of fused-ring (bicyclic) bond motifs is 1. The summed E-state index contributed by atoms with van der Waals surface area (Å²) in [7, 11) is 3.74. The highest BCUT2D eigenvalue weighted by Crippen LogP contribution is 2.53. The van der Waals surface area contributed by atoms with Crippen molar-refractivity contribution in [1.82, 2.24) is 5.32 Å². The molecule has 1 spiro atoms. The highest BCUT2D eigenvalue weighted by Gasteiger charge is 2.51. The van der Waals surface area contributed by atoms with Crippen molar-refractivity contribution in [3.05, 3.63) is 23.8 Å². The Labute approximate surface area is 121 Å². The van der Waals surface area contributed by atoms with Crippen LogP contribution in [0.15, 0.2) is 18.2 Å². The molecule has 110 valence electrons. The molecule has 20 heavy (non-hydrogen) atoms. The fourth-order valence-corrected chi connectivity index (χ4v) is 3.65. The summed E-state index contributed by atoms with van der Waals surface area (Å²) in [4.78, 5) is 0. The van der Waals surface area contributed by atoms with Crippen LogP contribution in [0.1, 0.15) is 44.7 Å². The predicted octanol–water partition coefficient (Wildman–Crippen LogP) is 3.54. The zero-order valence-electron chi connectivity index (χ0n) is 12.9. The Hall–Kier alpha value is -1.22. The molecule has 1 N–H and O–H groups in total. The zero-order valence-corrected chi connectivity index (χ0v) is 12.9. The molecule has 0 radical (unpaired) electrons. The van der Waals surface area contributed by atoms with Crippen LogP contribution in [-0.2, 0) is 0 Å². The number of rotatable bonds is 3. The van der Waals surface area contributed by atoms with Crippen LogP contribution in [-0.4, -0.2) is 19.8 Å². The number of ether oxygens (including phenoxy) is 2. The normalized spacial score (nSPS) is 31.6. The lowest BCUT2D eigenvalue weighted by Crippen LogP contribution is -2.54. The summed E-state index contributed by atoms with van der Waals surface area (Å²) < 4.78 is 11.7. The van der Waals surface area contributed by atoms with Crippen LogP contribution in [0.4, 0.5) is 0 Å². The lowest BCUT2D eigenvalue weighted by Gasteiger charge is -2.53. The van der Waals surface area contributed by atoms with Gasteiger partial charge >= 0.3 is 0 Å². The number of nitrogens with one attached hydrogen (secondary N) is 1. The van der Waals surface area contributed by atoms with E-state index in [2.05, 4.69) is 31.3 Å². The van der Waals surface area contributed by atoms with Crippen molar-refractivity contribution in [2.45, 2.75) is 44.8 Å². The van der Waals surface area contributed by atoms with Gasteiger partial charge in [-0.1, -0.05) is 13.8 Å². The van der Waals surface area contributed by atoms with Crippen molar-refractivity contribution in [2.24, 2.45) is 11.8 Å². The second-order valence-electron chi connectivity index (χ2n) is 6.65. The fourth-order valence-electron chi connectivity index (χ4n) is 3.65. The molecule has 1 atom stereocenters. The molecule has 1 aromatic rings. The van der Waals surface area contributed by atoms with Crippen molar-refractivity contribution in [3.8, 4) is 11.5 Å². The van der Waals surface area contributed by atoms with E-state index in [9.17, 15) is 0 Å². The molecule has 0 bridgehead atoms. The maximum Gasteiger partial charge on any atom is 0.125 e. The molecular formula is C17H25NO2. The summed E-state index contributed by atoms with van der Waals surface area (Å²) in [5, 5.41) is 3.44. The van der Waals surface area contributed by atoms with Crippen molar-refractivity contribution >= 4 is 0 Å². The van der Waals surface area contributed by atoms with E-state index in [1.165, 1.54) is 18.4 Å². The highest BCUT2D eigenvalue weighted by molar-refractivity contribution is 5.44. The van der Waals surface area contributed by atoms with Crippen LogP contribution in [0.5, 0.6) is 11.5 Å². The Kier molecular flexibility index (Phi) is 3.41. The number of methoxy groups -OCH3 is 1. The first kappa shape index (κ1) is 13.7. The van der Waals surface area contributed by atoms with E-state index in [0.29, 0.717) is 6.04 Å². The quantitative estimate of drug-likeness (QED) is 0.915. The minimum absolute atomic E-state index is 0.0597. The van der Waals surface area contributed by atoms with Crippen molar-refractivity contribution < 1.29 is 9.47 Å². The van der Waals surface area contributed by atoms with E-state index >= 15 is 0 Å². The molecule has 1 aromatic carbocycles. The summed E-state index contributed by atoms with van der Waals surface area (Å²) in [6.45, 7) is 4.63. The number of benzene rings is 1. The molecule has 3 rings (SSSR count). The van der Waals surface area contributed by atoms with Gasteiger partial charge in [-0.05, 0) is 49.9 Å². The standard InChI is InChI=1S/C17H25NO2/c1-11(2)12-8-17(9-12)10-15(18-3)14-7-13(19-4)5-6-16(14)20-17/h5-7,11-12,15,18H,8-10H2,1-4H3. The Bertz CT molecular complexity index is 492. The molecule has 1 saturated carbocycles. The zero-order chi connectivity index (χ0) is 14.3. The Balaban J connectivity index is 1.85. The first-order chi connectivity index (χ1) is 9.57. The van der Waals surface area contributed by atoms with Crippen LogP contribution in [0.2, 0.25) is 0 Å². The molecule has 1 heterocycles. The van der Waals surface area contributed by atoms with Gasteiger partial charge in [0.1, 0.15) is 17.1 Å². The van der Waals surface area contributed by atoms with E-state index < -0.39 is 0 Å². The molecule has 0 aromatic heterocycles. The maximum absolute atomic E-state index is 6.37. The van der Waals surface area contributed by atoms with Crippen molar-refractivity contribution in [2.75, 3.05) is 14.2 Å². The van der Waals surface area contributed by atoms with E-state index in [1.54, 1.807) is 7.11 Å². The average Bonchev–Trinajstić information content (AvgIpc) is 2.42. The third-order valence-corrected chi connectivity index (χ3v) is 5.05. The van der Waals surface area contributed by atoms with Gasteiger partial charge in [0.25, 0.3) is 0 Å². The first-order valence-electron chi connectivity index (χ1n) is 7.61.